The molecule has 69 heavy (non-hydrogen) atoms. The smallest absolute Gasteiger partial charge is 0.137 e. The number of fused-ring (bicyclic) bond motifs is 14. The van der Waals surface area contributed by atoms with Gasteiger partial charge in [-0.1, -0.05) is 121 Å². The molecule has 0 atom stereocenters. The van der Waals surface area contributed by atoms with E-state index in [0.717, 1.165) is 99.5 Å². The van der Waals surface area contributed by atoms with Crippen molar-refractivity contribution >= 4 is 109 Å². The maximum atomic E-state index is 6.51. The lowest BCUT2D eigenvalue weighted by Gasteiger charge is -2.15. The van der Waals surface area contributed by atoms with Crippen molar-refractivity contribution in [3.63, 3.8) is 0 Å². The highest BCUT2D eigenvalue weighted by Crippen LogP contribution is 2.41. The summed E-state index contributed by atoms with van der Waals surface area (Å²) in [6.45, 7) is 0. The number of benzene rings is 11. The molecule has 0 aliphatic rings. The van der Waals surface area contributed by atoms with Crippen LogP contribution >= 0.6 is 0 Å². The van der Waals surface area contributed by atoms with E-state index in [2.05, 4.69) is 249 Å². The molecule has 0 N–H and O–H groups in total. The van der Waals surface area contributed by atoms with Crippen LogP contribution in [0.1, 0.15) is 0 Å². The van der Waals surface area contributed by atoms with Crippen LogP contribution in [0.4, 0.5) is 0 Å². The number of furan rings is 1. The summed E-state index contributed by atoms with van der Waals surface area (Å²) in [5.74, 6) is 0. The van der Waals surface area contributed by atoms with Gasteiger partial charge in [-0.2, -0.15) is 0 Å². The third kappa shape index (κ3) is 5.65. The van der Waals surface area contributed by atoms with Crippen LogP contribution in [-0.4, -0.2) is 18.3 Å². The maximum Gasteiger partial charge on any atom is 0.137 e. The third-order valence-corrected chi connectivity index (χ3v) is 14.3. The van der Waals surface area contributed by atoms with E-state index in [1.165, 1.54) is 32.4 Å². The van der Waals surface area contributed by atoms with E-state index >= 15 is 0 Å². The molecular weight excluding hydrogens is 841 g/mol. The number of hydrogen-bond donors (Lipinski definition) is 0. The molecule has 15 rings (SSSR count). The summed E-state index contributed by atoms with van der Waals surface area (Å²) < 4.78 is 16.2. The molecule has 4 heterocycles. The van der Waals surface area contributed by atoms with Gasteiger partial charge in [0.05, 0.1) is 33.4 Å². The predicted octanol–water partition coefficient (Wildman–Crippen LogP) is 17.1. The maximum absolute atomic E-state index is 6.51. The van der Waals surface area contributed by atoms with E-state index < -0.39 is 0 Å². The largest absolute Gasteiger partial charge is 0.456 e. The summed E-state index contributed by atoms with van der Waals surface area (Å²) in [5.41, 5.74) is 15.0. The van der Waals surface area contributed by atoms with Gasteiger partial charge < -0.3 is 22.7 Å². The van der Waals surface area contributed by atoms with E-state index in [9.17, 15) is 0 Å². The standard InChI is InChI=1S/C64H40N4O/c1-2-18-44(19-3-1)67-58-34-31-47-38-54(58)55-39-48(32-35-59(55)67)66(60-27-13-28-61-64(60)53-24-6-8-25-57(53)68(61)56-26-12-15-41-14-4-5-22-50(41)56)46-21-11-17-43(37-46)42-16-10-20-45(36-42)65(47)49-30-33-52-51-23-7-9-29-62(51)69-63(52)40-49/h1-40H. The molecule has 0 radical (unpaired) electrons. The van der Waals surface area contributed by atoms with Crippen molar-refractivity contribution in [3.05, 3.63) is 243 Å². The van der Waals surface area contributed by atoms with Crippen molar-refractivity contribution in [1.29, 1.82) is 0 Å². The highest BCUT2D eigenvalue weighted by atomic mass is 16.3. The van der Waals surface area contributed by atoms with Crippen LogP contribution in [0.2, 0.25) is 0 Å². The van der Waals surface area contributed by atoms with Crippen LogP contribution in [0.3, 0.4) is 0 Å². The van der Waals surface area contributed by atoms with Crippen LogP contribution in [0, 0.1) is 0 Å². The second kappa shape index (κ2) is 14.6. The summed E-state index contributed by atoms with van der Waals surface area (Å²) in [6.07, 6.45) is 0. The van der Waals surface area contributed by atoms with E-state index in [0.29, 0.717) is 0 Å². The van der Waals surface area contributed by atoms with Crippen LogP contribution in [0.15, 0.2) is 247 Å². The Balaban J connectivity index is 1.10. The molecule has 11 aromatic carbocycles. The van der Waals surface area contributed by atoms with E-state index in [1.807, 2.05) is 12.1 Å². The molecule has 4 aromatic heterocycles. The SMILES string of the molecule is c1ccc(-n2c3ccc4cc3c3cc(ccc32)n(-c2cccc3c2c2ccccc2n3-c2cccc3ccccc23)c2cccc(c2)c2cccc(c2)n4-c2ccc3c(c2)oc2ccccc23)cc1. The number of nitrogens with zero attached hydrogens (tertiary/aromatic N) is 4. The normalized spacial score (nSPS) is 12.1. The lowest BCUT2D eigenvalue weighted by atomic mass is 10.1. The molecular formula is C64H40N4O. The van der Waals surface area contributed by atoms with E-state index in [4.69, 9.17) is 4.42 Å². The summed E-state index contributed by atoms with van der Waals surface area (Å²) in [7, 11) is 0. The molecule has 0 fully saturated rings. The zero-order valence-corrected chi connectivity index (χ0v) is 37.3. The zero-order chi connectivity index (χ0) is 45.2. The minimum Gasteiger partial charge on any atom is -0.456 e. The molecule has 0 spiro atoms. The average Bonchev–Trinajstić information content (AvgIpc) is 4.06. The topological polar surface area (TPSA) is 32.9 Å². The fourth-order valence-corrected chi connectivity index (χ4v) is 11.4. The van der Waals surface area contributed by atoms with Crippen LogP contribution in [0.25, 0.3) is 132 Å². The van der Waals surface area contributed by atoms with Gasteiger partial charge in [-0.05, 0) is 131 Å². The number of para-hydroxylation sites is 3. The molecule has 8 bridgehead atoms. The summed E-state index contributed by atoms with van der Waals surface area (Å²) >= 11 is 0. The average molecular weight is 881 g/mol. The van der Waals surface area contributed by atoms with Crippen molar-refractivity contribution in [2.24, 2.45) is 0 Å². The Morgan fingerprint density at radius 1 is 0.246 bits per heavy atom. The first-order chi connectivity index (χ1) is 34.2. The molecule has 0 saturated carbocycles. The molecule has 15 aromatic rings. The summed E-state index contributed by atoms with van der Waals surface area (Å²) in [5, 5.41) is 11.6. The third-order valence-electron chi connectivity index (χ3n) is 14.3. The Bertz CT molecular complexity index is 4670. The first kappa shape index (κ1) is 37.9. The minimum absolute atomic E-state index is 0.860. The van der Waals surface area contributed by atoms with Gasteiger partial charge >= 0.3 is 0 Å². The monoisotopic (exact) mass is 880 g/mol. The van der Waals surface area contributed by atoms with Crippen LogP contribution in [-0.2, 0) is 0 Å². The lowest BCUT2D eigenvalue weighted by molar-refractivity contribution is 0.668. The Morgan fingerprint density at radius 3 is 1.59 bits per heavy atom. The van der Waals surface area contributed by atoms with Crippen LogP contribution in [0.5, 0.6) is 0 Å². The quantitative estimate of drug-likeness (QED) is 0.173. The van der Waals surface area contributed by atoms with Crippen molar-refractivity contribution in [2.75, 3.05) is 0 Å². The van der Waals surface area contributed by atoms with Crippen molar-refractivity contribution in [2.45, 2.75) is 0 Å². The van der Waals surface area contributed by atoms with Gasteiger partial charge in [0, 0.05) is 77.2 Å². The van der Waals surface area contributed by atoms with Crippen molar-refractivity contribution < 1.29 is 4.42 Å². The van der Waals surface area contributed by atoms with Gasteiger partial charge in [0.2, 0.25) is 0 Å². The molecule has 0 aliphatic heterocycles. The molecule has 0 aliphatic carbocycles. The second-order valence-electron chi connectivity index (χ2n) is 18.1. The van der Waals surface area contributed by atoms with Gasteiger partial charge in [0.1, 0.15) is 11.2 Å². The predicted molar refractivity (Wildman–Crippen MR) is 289 cm³/mol. The van der Waals surface area contributed by atoms with E-state index in [1.54, 1.807) is 0 Å². The molecule has 5 heteroatoms. The first-order valence-corrected chi connectivity index (χ1v) is 23.6. The fraction of sp³-hybridized carbons (Fsp3) is 0. The lowest BCUT2D eigenvalue weighted by Crippen LogP contribution is -1.99. The molecule has 0 unspecified atom stereocenters. The van der Waals surface area contributed by atoms with Gasteiger partial charge in [0.15, 0.2) is 0 Å². The summed E-state index contributed by atoms with van der Waals surface area (Å²) in [4.78, 5) is 0. The Morgan fingerprint density at radius 2 is 0.797 bits per heavy atom. The zero-order valence-electron chi connectivity index (χ0n) is 37.3. The minimum atomic E-state index is 0.860. The summed E-state index contributed by atoms with van der Waals surface area (Å²) in [6, 6.07) is 88.6. The molecule has 5 nitrogen and oxygen atoms in total. The van der Waals surface area contributed by atoms with Gasteiger partial charge in [0.25, 0.3) is 0 Å². The van der Waals surface area contributed by atoms with Crippen molar-refractivity contribution in [3.8, 4) is 22.7 Å². The first-order valence-electron chi connectivity index (χ1n) is 23.6. The van der Waals surface area contributed by atoms with E-state index in [-0.39, 0.29) is 0 Å². The Hall–Kier alpha value is -9.32. The van der Waals surface area contributed by atoms with Crippen molar-refractivity contribution in [1.82, 2.24) is 18.3 Å². The number of hydrogen-bond acceptors (Lipinski definition) is 1. The van der Waals surface area contributed by atoms with Gasteiger partial charge in [-0.15, -0.1) is 0 Å². The number of rotatable bonds is 4. The second-order valence-corrected chi connectivity index (χ2v) is 18.1. The Labute approximate surface area is 395 Å². The number of aromatic nitrogens is 4. The highest BCUT2D eigenvalue weighted by Gasteiger charge is 2.20. The molecule has 322 valence electrons. The highest BCUT2D eigenvalue weighted by molar-refractivity contribution is 6.16. The Kier molecular flexibility index (Phi) is 8.00. The van der Waals surface area contributed by atoms with Crippen LogP contribution < -0.4 is 0 Å². The van der Waals surface area contributed by atoms with Gasteiger partial charge in [-0.25, -0.2) is 0 Å². The molecule has 0 saturated heterocycles. The molecule has 0 amide bonds. The van der Waals surface area contributed by atoms with Gasteiger partial charge in [-0.3, -0.25) is 0 Å². The fourth-order valence-electron chi connectivity index (χ4n) is 11.4.